The lowest BCUT2D eigenvalue weighted by Crippen LogP contribution is -2.36. The van der Waals surface area contributed by atoms with Gasteiger partial charge in [-0.05, 0) is 31.9 Å². The van der Waals surface area contributed by atoms with E-state index < -0.39 is 17.7 Å². The molecule has 12 nitrogen and oxygen atoms in total. The zero-order valence-corrected chi connectivity index (χ0v) is 19.1. The molecule has 2 amide bonds. The van der Waals surface area contributed by atoms with E-state index in [-0.39, 0.29) is 34.0 Å². The lowest BCUT2D eigenvalue weighted by Gasteiger charge is -2.11. The average Bonchev–Trinajstić information content (AvgIpc) is 3.55. The summed E-state index contributed by atoms with van der Waals surface area (Å²) in [6.45, 7) is 1.63. The quantitative estimate of drug-likeness (QED) is 0.361. The zero-order chi connectivity index (χ0) is 24.2. The van der Waals surface area contributed by atoms with Gasteiger partial charge >= 0.3 is 6.09 Å². The second kappa shape index (κ2) is 9.90. The van der Waals surface area contributed by atoms with Crippen LogP contribution in [-0.2, 0) is 9.53 Å². The number of carbonyl (C=O) groups is 2. The van der Waals surface area contributed by atoms with Gasteiger partial charge in [-0.2, -0.15) is 15.3 Å². The molecule has 4 rings (SSSR count). The molecule has 1 aliphatic carbocycles. The van der Waals surface area contributed by atoms with Gasteiger partial charge in [0.15, 0.2) is 16.9 Å². The molecular formula is C20H16Cl2N8O4. The Balaban J connectivity index is 1.52. The van der Waals surface area contributed by atoms with Crippen LogP contribution in [-0.4, -0.2) is 43.8 Å². The Kier molecular flexibility index (Phi) is 6.76. The van der Waals surface area contributed by atoms with Crippen molar-refractivity contribution in [1.82, 2.24) is 24.8 Å². The van der Waals surface area contributed by atoms with E-state index >= 15 is 0 Å². The van der Waals surface area contributed by atoms with Crippen molar-refractivity contribution in [2.75, 3.05) is 12.0 Å². The van der Waals surface area contributed by atoms with Gasteiger partial charge in [-0.3, -0.25) is 15.5 Å². The molecule has 2 aromatic heterocycles. The highest BCUT2D eigenvalue weighted by Crippen LogP contribution is 2.41. The Labute approximate surface area is 202 Å². The standard InChI is InChI=1S/C20H16Cl2N8O4/c1-2-33-20(32)27-18(31)14(7-23)29-28-10-5-12(21)16(13(22)6-10)34-19-15-17(24-8-25-19)30(9-26-15)11-3-4-11/h5-6,8-9,11,28H,2-4H2,1H3,(H,27,31,32). The van der Waals surface area contributed by atoms with Crippen LogP contribution < -0.4 is 15.5 Å². The van der Waals surface area contributed by atoms with Crippen LogP contribution in [0, 0.1) is 11.3 Å². The summed E-state index contributed by atoms with van der Waals surface area (Å²) in [5.74, 6) is -0.724. The summed E-state index contributed by atoms with van der Waals surface area (Å²) in [6.07, 6.45) is 4.21. The summed E-state index contributed by atoms with van der Waals surface area (Å²) in [5.41, 5.74) is 3.26. The molecule has 0 radical (unpaired) electrons. The molecule has 174 valence electrons. The van der Waals surface area contributed by atoms with E-state index in [1.165, 1.54) is 18.5 Å². The maximum absolute atomic E-state index is 11.9. The average molecular weight is 503 g/mol. The highest BCUT2D eigenvalue weighted by molar-refractivity contribution is 6.47. The Morgan fingerprint density at radius 2 is 2.00 bits per heavy atom. The molecule has 1 aliphatic rings. The molecule has 0 aliphatic heterocycles. The minimum absolute atomic E-state index is 0.0603. The molecule has 0 bridgehead atoms. The smallest absolute Gasteiger partial charge is 0.414 e. The van der Waals surface area contributed by atoms with Crippen molar-refractivity contribution in [2.24, 2.45) is 5.10 Å². The van der Waals surface area contributed by atoms with Crippen LogP contribution in [0.25, 0.3) is 11.2 Å². The fourth-order valence-corrected chi connectivity index (χ4v) is 3.47. The van der Waals surface area contributed by atoms with Gasteiger partial charge in [-0.1, -0.05) is 23.2 Å². The number of hydrogen-bond donors (Lipinski definition) is 2. The van der Waals surface area contributed by atoms with Crippen LogP contribution in [0.3, 0.4) is 0 Å². The number of imidazole rings is 1. The van der Waals surface area contributed by atoms with Crippen LogP contribution >= 0.6 is 23.2 Å². The van der Waals surface area contributed by atoms with Crippen LogP contribution in [0.2, 0.25) is 10.0 Å². The molecular weight excluding hydrogens is 487 g/mol. The van der Waals surface area contributed by atoms with Crippen LogP contribution in [0.5, 0.6) is 11.6 Å². The number of ether oxygens (including phenoxy) is 2. The molecule has 1 aromatic carbocycles. The molecule has 0 atom stereocenters. The van der Waals surface area contributed by atoms with Gasteiger partial charge in [0.25, 0.3) is 11.8 Å². The number of carbonyl (C=O) groups excluding carboxylic acids is 2. The molecule has 2 N–H and O–H groups in total. The van der Waals surface area contributed by atoms with Crippen LogP contribution in [0.1, 0.15) is 25.8 Å². The maximum Gasteiger partial charge on any atom is 0.414 e. The van der Waals surface area contributed by atoms with Crippen LogP contribution in [0.15, 0.2) is 29.9 Å². The second-order valence-corrected chi connectivity index (χ2v) is 7.78. The minimum Gasteiger partial charge on any atom is -0.450 e. The number of nitriles is 1. The van der Waals surface area contributed by atoms with E-state index in [1.54, 1.807) is 19.3 Å². The summed E-state index contributed by atoms with van der Waals surface area (Å²) in [5, 5.41) is 14.9. The third kappa shape index (κ3) is 5.00. The SMILES string of the molecule is CCOC(=O)NC(=O)C(C#N)=NNc1cc(Cl)c(Oc2ncnc3c2ncn3C2CC2)c(Cl)c1. The third-order valence-corrected chi connectivity index (χ3v) is 5.13. The van der Waals surface area contributed by atoms with Gasteiger partial charge in [0.2, 0.25) is 5.71 Å². The van der Waals surface area contributed by atoms with Gasteiger partial charge < -0.3 is 14.0 Å². The van der Waals surface area contributed by atoms with E-state index in [0.29, 0.717) is 17.2 Å². The monoisotopic (exact) mass is 502 g/mol. The number of rotatable bonds is 7. The van der Waals surface area contributed by atoms with Gasteiger partial charge in [0.1, 0.15) is 12.4 Å². The van der Waals surface area contributed by atoms with Crippen molar-refractivity contribution in [3.8, 4) is 17.7 Å². The number of aromatic nitrogens is 4. The Hall–Kier alpha value is -3.95. The number of imide groups is 1. The molecule has 0 unspecified atom stereocenters. The summed E-state index contributed by atoms with van der Waals surface area (Å²) in [7, 11) is 0. The first-order chi connectivity index (χ1) is 16.4. The van der Waals surface area contributed by atoms with Gasteiger partial charge in [-0.15, -0.1) is 0 Å². The Morgan fingerprint density at radius 3 is 2.65 bits per heavy atom. The lowest BCUT2D eigenvalue weighted by molar-refractivity contribution is -0.114. The predicted octanol–water partition coefficient (Wildman–Crippen LogP) is 3.82. The largest absolute Gasteiger partial charge is 0.450 e. The van der Waals surface area contributed by atoms with Gasteiger partial charge in [0.05, 0.1) is 28.7 Å². The molecule has 0 spiro atoms. The normalized spacial score (nSPS) is 13.3. The van der Waals surface area contributed by atoms with Crippen molar-refractivity contribution < 1.29 is 19.1 Å². The zero-order valence-electron chi connectivity index (χ0n) is 17.6. The third-order valence-electron chi connectivity index (χ3n) is 4.57. The number of fused-ring (bicyclic) bond motifs is 1. The van der Waals surface area contributed by atoms with Crippen molar-refractivity contribution in [1.29, 1.82) is 5.26 Å². The first-order valence-corrected chi connectivity index (χ1v) is 10.7. The highest BCUT2D eigenvalue weighted by atomic mass is 35.5. The number of alkyl carbamates (subject to hydrolysis) is 1. The molecule has 3 aromatic rings. The fourth-order valence-electron chi connectivity index (χ4n) is 2.91. The van der Waals surface area contributed by atoms with Gasteiger partial charge in [-0.25, -0.2) is 14.8 Å². The number of nitrogens with zero attached hydrogens (tertiary/aromatic N) is 6. The lowest BCUT2D eigenvalue weighted by atomic mass is 10.3. The number of hydrogen-bond acceptors (Lipinski definition) is 10. The second-order valence-electron chi connectivity index (χ2n) is 6.96. The molecule has 1 saturated carbocycles. The first-order valence-electron chi connectivity index (χ1n) is 9.97. The predicted molar refractivity (Wildman–Crippen MR) is 122 cm³/mol. The van der Waals surface area contributed by atoms with Crippen molar-refractivity contribution in [3.63, 3.8) is 0 Å². The molecule has 34 heavy (non-hydrogen) atoms. The fraction of sp³-hybridized carbons (Fsp3) is 0.250. The number of hydrazone groups is 1. The molecule has 2 heterocycles. The maximum atomic E-state index is 11.9. The topological polar surface area (TPSA) is 156 Å². The van der Waals surface area contributed by atoms with Crippen molar-refractivity contribution >= 4 is 57.8 Å². The van der Waals surface area contributed by atoms with Crippen LogP contribution in [0.4, 0.5) is 10.5 Å². The summed E-state index contributed by atoms with van der Waals surface area (Å²) in [4.78, 5) is 36.1. The van der Waals surface area contributed by atoms with Crippen molar-refractivity contribution in [2.45, 2.75) is 25.8 Å². The summed E-state index contributed by atoms with van der Waals surface area (Å²) < 4.78 is 12.4. The molecule has 1 fully saturated rings. The Bertz CT molecular complexity index is 1320. The van der Waals surface area contributed by atoms with Crippen molar-refractivity contribution in [3.05, 3.63) is 34.8 Å². The Morgan fingerprint density at radius 1 is 1.26 bits per heavy atom. The van der Waals surface area contributed by atoms with E-state index in [1.807, 2.05) is 9.88 Å². The van der Waals surface area contributed by atoms with E-state index in [2.05, 4.69) is 30.2 Å². The van der Waals surface area contributed by atoms with E-state index in [0.717, 1.165) is 12.8 Å². The molecule has 0 saturated heterocycles. The van der Waals surface area contributed by atoms with E-state index in [9.17, 15) is 9.59 Å². The summed E-state index contributed by atoms with van der Waals surface area (Å²) >= 11 is 12.7. The van der Waals surface area contributed by atoms with Gasteiger partial charge in [0, 0.05) is 6.04 Å². The number of nitrogens with one attached hydrogen (secondary N) is 2. The van der Waals surface area contributed by atoms with E-state index in [4.69, 9.17) is 33.2 Å². The highest BCUT2D eigenvalue weighted by Gasteiger charge is 2.27. The minimum atomic E-state index is -1.04. The summed E-state index contributed by atoms with van der Waals surface area (Å²) in [6, 6.07) is 4.80. The number of anilines is 1. The number of halogens is 2. The number of benzene rings is 1. The first kappa shape index (κ1) is 23.2. The molecule has 14 heteroatoms. The number of amides is 2.